The largest absolute Gasteiger partial charge is 0.832 e. The topological polar surface area (TPSA) is 63.5 Å². The van der Waals surface area contributed by atoms with E-state index in [1.807, 2.05) is 31.2 Å². The van der Waals surface area contributed by atoms with Crippen molar-refractivity contribution < 1.29 is 18.5 Å². The molecule has 1 fully saturated rings. The van der Waals surface area contributed by atoms with Gasteiger partial charge in [0.25, 0.3) is 0 Å². The van der Waals surface area contributed by atoms with Gasteiger partial charge in [-0.05, 0) is 48.4 Å². The molecule has 0 saturated heterocycles. The SMILES string of the molecule is C=P([CH2-])([O-])OCn1cc(-c2ccc(CC)cc2)c(=O)c2c(F)ccc(OCC3CCC3)c21. The number of hydrogen-bond acceptors (Lipinski definition) is 4. The van der Waals surface area contributed by atoms with Crippen molar-refractivity contribution in [3.8, 4) is 16.9 Å². The van der Waals surface area contributed by atoms with Crippen molar-refractivity contribution in [2.75, 3.05) is 6.61 Å². The van der Waals surface area contributed by atoms with Gasteiger partial charge in [0, 0.05) is 11.8 Å². The lowest BCUT2D eigenvalue weighted by atomic mass is 9.86. The summed E-state index contributed by atoms with van der Waals surface area (Å²) >= 11 is 0. The summed E-state index contributed by atoms with van der Waals surface area (Å²) in [6, 6.07) is 10.3. The van der Waals surface area contributed by atoms with Gasteiger partial charge in [-0.25, -0.2) is 11.7 Å². The van der Waals surface area contributed by atoms with Crippen LogP contribution in [-0.2, 0) is 17.7 Å². The third-order valence-corrected chi connectivity index (χ3v) is 6.52. The molecule has 1 unspecified atom stereocenters. The Labute approximate surface area is 187 Å². The maximum absolute atomic E-state index is 15.0. The zero-order valence-corrected chi connectivity index (χ0v) is 19.1. The molecule has 1 atom stereocenters. The van der Waals surface area contributed by atoms with E-state index in [9.17, 15) is 14.1 Å². The summed E-state index contributed by atoms with van der Waals surface area (Å²) in [4.78, 5) is 25.4. The summed E-state index contributed by atoms with van der Waals surface area (Å²) in [5.74, 6) is 0.210. The maximum Gasteiger partial charge on any atom is 0.200 e. The Balaban J connectivity index is 1.88. The zero-order chi connectivity index (χ0) is 22.9. The molecule has 0 bridgehead atoms. The van der Waals surface area contributed by atoms with Crippen molar-refractivity contribution in [3.63, 3.8) is 0 Å². The second-order valence-corrected chi connectivity index (χ2v) is 10.2. The second-order valence-electron chi connectivity index (χ2n) is 8.34. The van der Waals surface area contributed by atoms with Crippen molar-refractivity contribution >= 4 is 24.5 Å². The van der Waals surface area contributed by atoms with Gasteiger partial charge in [0.15, 0.2) is 5.43 Å². The van der Waals surface area contributed by atoms with Gasteiger partial charge >= 0.3 is 0 Å². The zero-order valence-electron chi connectivity index (χ0n) is 18.2. The van der Waals surface area contributed by atoms with E-state index in [0.29, 0.717) is 29.4 Å². The minimum atomic E-state index is -3.31. The van der Waals surface area contributed by atoms with Gasteiger partial charge < -0.3 is 25.4 Å². The van der Waals surface area contributed by atoms with E-state index in [0.717, 1.165) is 24.8 Å². The number of ether oxygens (including phenoxy) is 1. The number of benzene rings is 2. The lowest BCUT2D eigenvalue weighted by Gasteiger charge is -2.34. The van der Waals surface area contributed by atoms with Crippen molar-refractivity contribution in [1.82, 2.24) is 4.57 Å². The molecule has 0 amide bonds. The Morgan fingerprint density at radius 1 is 1.25 bits per heavy atom. The van der Waals surface area contributed by atoms with Crippen molar-refractivity contribution in [3.05, 3.63) is 70.9 Å². The molecule has 0 spiro atoms. The molecule has 1 aromatic heterocycles. The first-order chi connectivity index (χ1) is 15.3. The lowest BCUT2D eigenvalue weighted by molar-refractivity contribution is -0.182. The fourth-order valence-electron chi connectivity index (χ4n) is 3.84. The maximum atomic E-state index is 15.0. The minimum absolute atomic E-state index is 0.0836. The molecule has 1 aliphatic carbocycles. The molecule has 0 N–H and O–H groups in total. The number of fused-ring (bicyclic) bond motifs is 1. The fraction of sp³-hybridized carbons (Fsp3) is 0.320. The Bertz CT molecular complexity index is 1230. The van der Waals surface area contributed by atoms with E-state index in [4.69, 9.17) is 9.26 Å². The number of aryl methyl sites for hydroxylation is 1. The Morgan fingerprint density at radius 3 is 2.56 bits per heavy atom. The first kappa shape index (κ1) is 22.8. The van der Waals surface area contributed by atoms with Crippen molar-refractivity contribution in [1.29, 1.82) is 0 Å². The van der Waals surface area contributed by atoms with E-state index in [-0.39, 0.29) is 17.6 Å². The van der Waals surface area contributed by atoms with Gasteiger partial charge in [0.1, 0.15) is 18.3 Å². The van der Waals surface area contributed by atoms with Crippen molar-refractivity contribution in [2.45, 2.75) is 39.3 Å². The third-order valence-electron chi connectivity index (χ3n) is 5.94. The van der Waals surface area contributed by atoms with Crippen LogP contribution in [-0.4, -0.2) is 17.5 Å². The van der Waals surface area contributed by atoms with Gasteiger partial charge in [0.05, 0.1) is 17.5 Å². The van der Waals surface area contributed by atoms with Crippen LogP contribution in [0.3, 0.4) is 0 Å². The standard InChI is InChI=1S/C25H27FNO4P/c1-4-17-8-10-19(11-9-17)20-14-27(16-31-32(2,3)29)24-22(30-15-18-6-5-7-18)13-12-21(26)23(24)25(20)28/h8-14,18H,2-7,15-16H2,1H3/q-2. The van der Waals surface area contributed by atoms with Crippen LogP contribution in [0.25, 0.3) is 22.0 Å². The number of nitrogens with zero attached hydrogens (tertiary/aromatic N) is 1. The van der Waals surface area contributed by atoms with Gasteiger partial charge in [-0.3, -0.25) is 4.79 Å². The molecule has 4 rings (SSSR count). The molecule has 0 aliphatic heterocycles. The molecule has 0 radical (unpaired) electrons. The average Bonchev–Trinajstić information content (AvgIpc) is 2.73. The summed E-state index contributed by atoms with van der Waals surface area (Å²) in [6.07, 6.45) is 9.28. The molecular weight excluding hydrogens is 428 g/mol. The van der Waals surface area contributed by atoms with E-state index < -0.39 is 18.6 Å². The molecule has 1 heterocycles. The highest BCUT2D eigenvalue weighted by Crippen LogP contribution is 2.36. The van der Waals surface area contributed by atoms with Crippen LogP contribution in [0, 0.1) is 18.4 Å². The summed E-state index contributed by atoms with van der Waals surface area (Å²) in [6.45, 7) is 5.79. The Hall–Kier alpha value is -2.40. The first-order valence-corrected chi connectivity index (χ1v) is 12.8. The van der Waals surface area contributed by atoms with E-state index in [1.165, 1.54) is 18.6 Å². The normalized spacial score (nSPS) is 16.0. The number of pyridine rings is 1. The van der Waals surface area contributed by atoms with Crippen LogP contribution in [0.1, 0.15) is 31.7 Å². The second kappa shape index (κ2) is 9.22. The predicted octanol–water partition coefficient (Wildman–Crippen LogP) is 4.95. The molecule has 2 aromatic carbocycles. The predicted molar refractivity (Wildman–Crippen MR) is 126 cm³/mol. The highest BCUT2D eigenvalue weighted by molar-refractivity contribution is 7.63. The molecular formula is C25H27FNO4P-2. The molecule has 1 saturated carbocycles. The van der Waals surface area contributed by atoms with Gasteiger partial charge in [0.2, 0.25) is 0 Å². The van der Waals surface area contributed by atoms with E-state index in [1.54, 1.807) is 10.8 Å². The van der Waals surface area contributed by atoms with Crippen LogP contribution in [0.4, 0.5) is 4.39 Å². The highest BCUT2D eigenvalue weighted by Gasteiger charge is 2.21. The number of halogens is 1. The van der Waals surface area contributed by atoms with Crippen LogP contribution in [0.2, 0.25) is 0 Å². The average molecular weight is 455 g/mol. The lowest BCUT2D eigenvalue weighted by Crippen LogP contribution is -2.21. The highest BCUT2D eigenvalue weighted by atomic mass is 31.2. The first-order valence-electron chi connectivity index (χ1n) is 10.8. The van der Waals surface area contributed by atoms with Crippen LogP contribution < -0.4 is 15.1 Å². The van der Waals surface area contributed by atoms with Crippen LogP contribution in [0.15, 0.2) is 47.4 Å². The van der Waals surface area contributed by atoms with Crippen LogP contribution >= 0.6 is 7.34 Å². The molecule has 7 heteroatoms. The minimum Gasteiger partial charge on any atom is -0.832 e. The van der Waals surface area contributed by atoms with Crippen molar-refractivity contribution in [2.24, 2.45) is 5.92 Å². The van der Waals surface area contributed by atoms with Gasteiger partial charge in [-0.1, -0.05) is 37.6 Å². The smallest absolute Gasteiger partial charge is 0.200 e. The van der Waals surface area contributed by atoms with E-state index >= 15 is 0 Å². The van der Waals surface area contributed by atoms with Crippen LogP contribution in [0.5, 0.6) is 5.75 Å². The van der Waals surface area contributed by atoms with Gasteiger partial charge in [-0.15, -0.1) is 6.30 Å². The third kappa shape index (κ3) is 4.83. The Morgan fingerprint density at radius 2 is 1.97 bits per heavy atom. The Kier molecular flexibility index (Phi) is 6.57. The molecule has 1 aliphatic rings. The van der Waals surface area contributed by atoms with E-state index in [2.05, 4.69) is 13.0 Å². The number of hydrogen-bond donors (Lipinski definition) is 0. The fourth-order valence-corrected chi connectivity index (χ4v) is 4.18. The molecule has 32 heavy (non-hydrogen) atoms. The number of aromatic nitrogens is 1. The summed E-state index contributed by atoms with van der Waals surface area (Å²) in [7, 11) is -3.31. The monoisotopic (exact) mass is 455 g/mol. The summed E-state index contributed by atoms with van der Waals surface area (Å²) in [5, 5.41) is -0.0836. The number of rotatable bonds is 8. The molecule has 3 aromatic rings. The summed E-state index contributed by atoms with van der Waals surface area (Å²) in [5.41, 5.74) is 1.96. The molecule has 170 valence electrons. The molecule has 5 nitrogen and oxygen atoms in total. The summed E-state index contributed by atoms with van der Waals surface area (Å²) < 4.78 is 27.9. The van der Waals surface area contributed by atoms with Gasteiger partial charge in [-0.2, -0.15) is 0 Å². The quantitative estimate of drug-likeness (QED) is 0.356.